The zero-order chi connectivity index (χ0) is 19.2. The Morgan fingerprint density at radius 1 is 1.00 bits per heavy atom. The predicted octanol–water partition coefficient (Wildman–Crippen LogP) is 3.51. The number of nitrogens with zero attached hydrogens (tertiary/aromatic N) is 5. The van der Waals surface area contributed by atoms with Gasteiger partial charge in [0.2, 0.25) is 0 Å². The molecule has 0 unspecified atom stereocenters. The van der Waals surface area contributed by atoms with E-state index in [1.807, 2.05) is 18.5 Å². The van der Waals surface area contributed by atoms with Crippen LogP contribution in [0.25, 0.3) is 27.7 Å². The molecule has 28 heavy (non-hydrogen) atoms. The highest BCUT2D eigenvalue weighted by molar-refractivity contribution is 5.84. The molecule has 0 N–H and O–H groups in total. The van der Waals surface area contributed by atoms with Crippen LogP contribution in [0.3, 0.4) is 0 Å². The van der Waals surface area contributed by atoms with Gasteiger partial charge in [0.1, 0.15) is 5.52 Å². The van der Waals surface area contributed by atoms with Crippen molar-refractivity contribution < 1.29 is 8.78 Å². The van der Waals surface area contributed by atoms with Gasteiger partial charge < -0.3 is 9.30 Å². The van der Waals surface area contributed by atoms with Crippen LogP contribution in [-0.4, -0.2) is 43.7 Å². The largest absolute Gasteiger partial charge is 0.304 e. The van der Waals surface area contributed by atoms with Crippen molar-refractivity contribution in [2.75, 3.05) is 13.6 Å². The van der Waals surface area contributed by atoms with Crippen LogP contribution in [0.2, 0.25) is 0 Å². The van der Waals surface area contributed by atoms with Crippen LogP contribution >= 0.6 is 0 Å². The maximum absolute atomic E-state index is 14.9. The molecule has 1 saturated carbocycles. The fourth-order valence-electron chi connectivity index (χ4n) is 5.03. The van der Waals surface area contributed by atoms with Crippen molar-refractivity contribution in [1.29, 1.82) is 0 Å². The Hall–Kier alpha value is -2.80. The lowest BCUT2D eigenvalue weighted by atomic mass is 9.68. The monoisotopic (exact) mass is 379 g/mol. The van der Waals surface area contributed by atoms with E-state index in [4.69, 9.17) is 0 Å². The number of pyridine rings is 1. The fraction of sp³-hybridized carbons (Fsp3) is 0.333. The Labute approximate surface area is 160 Å². The van der Waals surface area contributed by atoms with E-state index in [0.29, 0.717) is 33.7 Å². The summed E-state index contributed by atoms with van der Waals surface area (Å²) in [4.78, 5) is 6.98. The maximum atomic E-state index is 14.9. The summed E-state index contributed by atoms with van der Waals surface area (Å²) in [6.45, 7) is 0.971. The first-order valence-corrected chi connectivity index (χ1v) is 9.44. The van der Waals surface area contributed by atoms with Crippen molar-refractivity contribution in [2.45, 2.75) is 24.3 Å². The van der Waals surface area contributed by atoms with Gasteiger partial charge in [0, 0.05) is 54.6 Å². The minimum Gasteiger partial charge on any atom is -0.304 e. The van der Waals surface area contributed by atoms with E-state index in [-0.39, 0.29) is 5.41 Å². The molecule has 3 aromatic heterocycles. The van der Waals surface area contributed by atoms with Crippen LogP contribution in [0.5, 0.6) is 0 Å². The summed E-state index contributed by atoms with van der Waals surface area (Å²) in [6.07, 6.45) is 7.71. The Morgan fingerprint density at radius 2 is 1.79 bits per heavy atom. The van der Waals surface area contributed by atoms with E-state index in [2.05, 4.69) is 22.0 Å². The Kier molecular flexibility index (Phi) is 2.99. The molecule has 0 atom stereocenters. The van der Waals surface area contributed by atoms with Crippen LogP contribution < -0.4 is 0 Å². The summed E-state index contributed by atoms with van der Waals surface area (Å²) in [6, 6.07) is 5.31. The van der Waals surface area contributed by atoms with Crippen LogP contribution in [-0.2, 0) is 12.5 Å². The van der Waals surface area contributed by atoms with Crippen LogP contribution in [0.15, 0.2) is 36.8 Å². The van der Waals surface area contributed by atoms with E-state index in [1.165, 1.54) is 12.1 Å². The summed E-state index contributed by atoms with van der Waals surface area (Å²) < 4.78 is 32.6. The number of aromatic nitrogens is 4. The minimum atomic E-state index is -0.409. The number of hydrogen-bond donors (Lipinski definition) is 0. The standard InChI is InChI=1S/C21H19F2N5/c1-26-11-21(6-15(26)7-21)18-10-28-9-13(5-17(23)20(28)24-18)12-3-14-8-27(2)25-19(14)16(22)4-12/h3-5,8-10,15H,6-7,11H2,1-2H3. The topological polar surface area (TPSA) is 38.4 Å². The van der Waals surface area contributed by atoms with Crippen molar-refractivity contribution in [2.24, 2.45) is 7.05 Å². The van der Waals surface area contributed by atoms with Crippen molar-refractivity contribution in [1.82, 2.24) is 24.1 Å². The maximum Gasteiger partial charge on any atom is 0.173 e. The summed E-state index contributed by atoms with van der Waals surface area (Å²) in [5.74, 6) is -0.803. The molecule has 142 valence electrons. The van der Waals surface area contributed by atoms with E-state index in [1.54, 1.807) is 22.3 Å². The molecule has 7 heteroatoms. The average Bonchev–Trinajstić information content (AvgIpc) is 3.33. The minimum absolute atomic E-state index is 0.0543. The van der Waals surface area contributed by atoms with Gasteiger partial charge in [-0.2, -0.15) is 5.10 Å². The summed E-state index contributed by atoms with van der Waals surface area (Å²) in [5.41, 5.74) is 2.90. The third-order valence-electron chi connectivity index (χ3n) is 6.49. The first kappa shape index (κ1) is 16.2. The molecule has 2 bridgehead atoms. The molecule has 0 spiro atoms. The summed E-state index contributed by atoms with van der Waals surface area (Å²) in [7, 11) is 3.89. The molecule has 2 saturated heterocycles. The van der Waals surface area contributed by atoms with Crippen molar-refractivity contribution >= 4 is 16.6 Å². The van der Waals surface area contributed by atoms with Gasteiger partial charge in [-0.1, -0.05) is 0 Å². The molecule has 1 aromatic carbocycles. The first-order chi connectivity index (χ1) is 13.4. The second kappa shape index (κ2) is 5.17. The number of aryl methyl sites for hydroxylation is 1. The van der Waals surface area contributed by atoms with Crippen LogP contribution in [0, 0.1) is 11.6 Å². The van der Waals surface area contributed by atoms with Gasteiger partial charge in [-0.25, -0.2) is 13.8 Å². The Morgan fingerprint density at radius 3 is 2.54 bits per heavy atom. The fourth-order valence-corrected chi connectivity index (χ4v) is 5.03. The van der Waals surface area contributed by atoms with Gasteiger partial charge in [-0.05, 0) is 43.7 Å². The number of benzene rings is 1. The van der Waals surface area contributed by atoms with Crippen molar-refractivity contribution in [3.63, 3.8) is 0 Å². The number of fused-ring (bicyclic) bond motifs is 3. The van der Waals surface area contributed by atoms with E-state index >= 15 is 0 Å². The van der Waals surface area contributed by atoms with Crippen molar-refractivity contribution in [3.8, 4) is 11.1 Å². The van der Waals surface area contributed by atoms with Crippen LogP contribution in [0.1, 0.15) is 18.5 Å². The molecule has 3 aliphatic rings. The van der Waals surface area contributed by atoms with Gasteiger partial charge in [-0.3, -0.25) is 4.68 Å². The van der Waals surface area contributed by atoms with Crippen molar-refractivity contribution in [3.05, 3.63) is 54.1 Å². The molecule has 0 amide bonds. The molecular weight excluding hydrogens is 360 g/mol. The molecule has 2 aliphatic heterocycles. The highest BCUT2D eigenvalue weighted by Gasteiger charge is 2.55. The van der Waals surface area contributed by atoms with Gasteiger partial charge >= 0.3 is 0 Å². The third-order valence-corrected chi connectivity index (χ3v) is 6.49. The summed E-state index contributed by atoms with van der Waals surface area (Å²) >= 11 is 0. The lowest BCUT2D eigenvalue weighted by molar-refractivity contribution is 0.254. The second-order valence-electron chi connectivity index (χ2n) is 8.39. The predicted molar refractivity (Wildman–Crippen MR) is 102 cm³/mol. The number of halogens is 2. The Balaban J connectivity index is 1.48. The number of rotatable bonds is 2. The first-order valence-electron chi connectivity index (χ1n) is 9.44. The van der Waals surface area contributed by atoms with Gasteiger partial charge in [0.15, 0.2) is 17.3 Å². The lowest BCUT2D eigenvalue weighted by Gasteiger charge is -2.35. The molecule has 4 aromatic rings. The molecule has 5 nitrogen and oxygen atoms in total. The van der Waals surface area contributed by atoms with E-state index in [9.17, 15) is 8.78 Å². The average molecular weight is 379 g/mol. The van der Waals surface area contributed by atoms with E-state index in [0.717, 1.165) is 25.1 Å². The normalized spacial score (nSPS) is 24.4. The zero-order valence-corrected chi connectivity index (χ0v) is 15.7. The molecule has 5 heterocycles. The van der Waals surface area contributed by atoms with Gasteiger partial charge in [0.05, 0.1) is 5.69 Å². The molecule has 0 radical (unpaired) electrons. The highest BCUT2D eigenvalue weighted by atomic mass is 19.1. The number of likely N-dealkylation sites (N-methyl/N-ethyl adjacent to an activating group) is 1. The number of hydrogen-bond acceptors (Lipinski definition) is 3. The number of imidazole rings is 1. The third kappa shape index (κ3) is 2.08. The van der Waals surface area contributed by atoms with Gasteiger partial charge in [0.25, 0.3) is 0 Å². The second-order valence-corrected chi connectivity index (χ2v) is 8.39. The SMILES string of the molecule is CN1CC2(c3cn4cc(-c5cc(F)c6nn(C)cc6c5)cc(F)c4n3)CC1C2. The molecule has 7 rings (SSSR count). The highest BCUT2D eigenvalue weighted by Crippen LogP contribution is 2.52. The van der Waals surface area contributed by atoms with Crippen LogP contribution in [0.4, 0.5) is 8.78 Å². The quantitative estimate of drug-likeness (QED) is 0.535. The van der Waals surface area contributed by atoms with Gasteiger partial charge in [-0.15, -0.1) is 0 Å². The molecule has 1 aliphatic carbocycles. The zero-order valence-electron chi connectivity index (χ0n) is 15.7. The molecule has 3 fully saturated rings. The van der Waals surface area contributed by atoms with E-state index < -0.39 is 11.6 Å². The lowest BCUT2D eigenvalue weighted by Crippen LogP contribution is -2.38. The molecular formula is C21H19F2N5. The Bertz CT molecular complexity index is 1270. The summed E-state index contributed by atoms with van der Waals surface area (Å²) in [5, 5.41) is 4.82. The smallest absolute Gasteiger partial charge is 0.173 e.